The maximum Gasteiger partial charge on any atom is 0.303 e. The van der Waals surface area contributed by atoms with Gasteiger partial charge in [0.25, 0.3) is 0 Å². The van der Waals surface area contributed by atoms with Crippen LogP contribution in [0, 0.1) is 12.8 Å². The number of rotatable bonds is 10. The van der Waals surface area contributed by atoms with Crippen molar-refractivity contribution < 1.29 is 19.4 Å². The van der Waals surface area contributed by atoms with Crippen LogP contribution in [0.4, 0.5) is 5.69 Å². The van der Waals surface area contributed by atoms with Crippen LogP contribution >= 0.6 is 0 Å². The van der Waals surface area contributed by atoms with E-state index in [0.717, 1.165) is 73.2 Å². The summed E-state index contributed by atoms with van der Waals surface area (Å²) in [4.78, 5) is 24.9. The Balaban J connectivity index is 1.56. The van der Waals surface area contributed by atoms with Crippen LogP contribution in [-0.4, -0.2) is 37.1 Å². The summed E-state index contributed by atoms with van der Waals surface area (Å²) >= 11 is 0. The highest BCUT2D eigenvalue weighted by atomic mass is 16.5. The van der Waals surface area contributed by atoms with Gasteiger partial charge in [-0.3, -0.25) is 9.59 Å². The first-order chi connectivity index (χ1) is 15.0. The monoisotopic (exact) mass is 423 g/mol. The van der Waals surface area contributed by atoms with E-state index in [0.29, 0.717) is 12.5 Å². The fourth-order valence-corrected chi connectivity index (χ4v) is 4.39. The van der Waals surface area contributed by atoms with E-state index >= 15 is 0 Å². The lowest BCUT2D eigenvalue weighted by molar-refractivity contribution is -0.137. The van der Waals surface area contributed by atoms with Gasteiger partial charge in [-0.05, 0) is 73.4 Å². The molecule has 0 radical (unpaired) electrons. The van der Waals surface area contributed by atoms with Gasteiger partial charge < -0.3 is 14.7 Å². The van der Waals surface area contributed by atoms with E-state index in [4.69, 9.17) is 4.74 Å². The quantitative estimate of drug-likeness (QED) is 0.514. The zero-order valence-corrected chi connectivity index (χ0v) is 18.5. The zero-order valence-electron chi connectivity index (χ0n) is 18.5. The molecule has 1 saturated heterocycles. The van der Waals surface area contributed by atoms with Crippen molar-refractivity contribution in [3.63, 3.8) is 0 Å². The van der Waals surface area contributed by atoms with Crippen molar-refractivity contribution >= 4 is 17.9 Å². The van der Waals surface area contributed by atoms with E-state index in [1.54, 1.807) is 0 Å². The number of carbonyl (C=O) groups excluding carboxylic acids is 1. The van der Waals surface area contributed by atoms with Crippen LogP contribution in [-0.2, 0) is 4.79 Å². The molecule has 1 atom stereocenters. The van der Waals surface area contributed by atoms with Crippen LogP contribution in [0.1, 0.15) is 66.4 Å². The molecule has 5 nitrogen and oxygen atoms in total. The Bertz CT molecular complexity index is 887. The minimum Gasteiger partial charge on any atom is -0.493 e. The Morgan fingerprint density at radius 3 is 2.68 bits per heavy atom. The predicted molar refractivity (Wildman–Crippen MR) is 123 cm³/mol. The van der Waals surface area contributed by atoms with Gasteiger partial charge in [-0.1, -0.05) is 31.5 Å². The number of benzene rings is 2. The van der Waals surface area contributed by atoms with Crippen LogP contribution in [0.5, 0.6) is 5.75 Å². The molecule has 1 unspecified atom stereocenters. The Morgan fingerprint density at radius 2 is 2.00 bits per heavy atom. The maximum atomic E-state index is 11.4. The topological polar surface area (TPSA) is 66.8 Å². The lowest BCUT2D eigenvalue weighted by atomic mass is 9.91. The molecule has 2 aromatic rings. The molecule has 0 bridgehead atoms. The van der Waals surface area contributed by atoms with E-state index in [9.17, 15) is 14.7 Å². The fraction of sp³-hybridized carbons (Fsp3) is 0.462. The van der Waals surface area contributed by atoms with Crippen LogP contribution in [0.2, 0.25) is 0 Å². The van der Waals surface area contributed by atoms with Gasteiger partial charge in [0.2, 0.25) is 0 Å². The molecule has 1 aliphatic heterocycles. The van der Waals surface area contributed by atoms with E-state index < -0.39 is 5.97 Å². The Kier molecular flexibility index (Phi) is 8.10. The number of carboxylic acids is 1. The average Bonchev–Trinajstić information content (AvgIpc) is 2.77. The van der Waals surface area contributed by atoms with Gasteiger partial charge in [-0.25, -0.2) is 0 Å². The van der Waals surface area contributed by atoms with Crippen molar-refractivity contribution in [2.75, 3.05) is 24.6 Å². The molecular weight excluding hydrogens is 390 g/mol. The highest BCUT2D eigenvalue weighted by molar-refractivity contribution is 5.85. The number of hydrogen-bond donors (Lipinski definition) is 1. The number of aryl methyl sites for hydroxylation is 1. The number of carboxylic acid groups (broad SMARTS) is 1. The van der Waals surface area contributed by atoms with Crippen molar-refractivity contribution in [1.82, 2.24) is 0 Å². The third-order valence-corrected chi connectivity index (χ3v) is 6.14. The smallest absolute Gasteiger partial charge is 0.303 e. The Morgan fingerprint density at radius 1 is 1.23 bits per heavy atom. The lowest BCUT2D eigenvalue weighted by Gasteiger charge is -2.34. The average molecular weight is 424 g/mol. The highest BCUT2D eigenvalue weighted by Crippen LogP contribution is 2.30. The second-order valence-electron chi connectivity index (χ2n) is 8.58. The van der Waals surface area contributed by atoms with E-state index in [-0.39, 0.29) is 12.3 Å². The molecule has 1 N–H and O–H groups in total. The first-order valence-electron chi connectivity index (χ1n) is 11.3. The zero-order chi connectivity index (χ0) is 22.2. The fourth-order valence-electron chi connectivity index (χ4n) is 4.39. The molecule has 0 saturated carbocycles. The molecule has 2 aromatic carbocycles. The summed E-state index contributed by atoms with van der Waals surface area (Å²) in [7, 11) is 0. The van der Waals surface area contributed by atoms with Gasteiger partial charge in [0.05, 0.1) is 13.0 Å². The predicted octanol–water partition coefficient (Wildman–Crippen LogP) is 5.46. The summed E-state index contributed by atoms with van der Waals surface area (Å²) < 4.78 is 6.10. The molecule has 0 spiro atoms. The summed E-state index contributed by atoms with van der Waals surface area (Å²) in [5.41, 5.74) is 3.98. The van der Waals surface area contributed by atoms with Crippen LogP contribution in [0.15, 0.2) is 42.5 Å². The summed E-state index contributed by atoms with van der Waals surface area (Å²) in [5, 5.41) is 9.21. The standard InChI is InChI=1S/C26H33NO4/c1-3-5-21(16-26(29)30)22-6-4-7-24(15-22)31-18-20-10-12-27(13-11-20)25-14-19(2)8-9-23(25)17-28/h4,6-9,14-15,17,20-21H,3,5,10-13,16,18H2,1-2H3,(H,29,30). The van der Waals surface area contributed by atoms with Gasteiger partial charge in [0, 0.05) is 24.3 Å². The SMILES string of the molecule is CCCC(CC(=O)O)c1cccc(OCC2CCN(c3cc(C)ccc3C=O)CC2)c1. The molecule has 31 heavy (non-hydrogen) atoms. The molecule has 1 fully saturated rings. The number of aliphatic carboxylic acids is 1. The van der Waals surface area contributed by atoms with E-state index in [2.05, 4.69) is 17.9 Å². The number of aldehydes is 1. The Hall–Kier alpha value is -2.82. The van der Waals surface area contributed by atoms with Crippen molar-refractivity contribution in [3.8, 4) is 5.75 Å². The van der Waals surface area contributed by atoms with Gasteiger partial charge in [-0.15, -0.1) is 0 Å². The third kappa shape index (κ3) is 6.33. The number of piperidine rings is 1. The minimum atomic E-state index is -0.761. The van der Waals surface area contributed by atoms with E-state index in [1.807, 2.05) is 43.3 Å². The summed E-state index contributed by atoms with van der Waals surface area (Å²) in [6, 6.07) is 13.9. The first-order valence-corrected chi connectivity index (χ1v) is 11.3. The number of anilines is 1. The third-order valence-electron chi connectivity index (χ3n) is 6.14. The van der Waals surface area contributed by atoms with Gasteiger partial charge in [-0.2, -0.15) is 0 Å². The van der Waals surface area contributed by atoms with Crippen molar-refractivity contribution in [2.24, 2.45) is 5.92 Å². The minimum absolute atomic E-state index is 0.0237. The Labute approximate surface area is 185 Å². The summed E-state index contributed by atoms with van der Waals surface area (Å²) in [5.74, 6) is 0.543. The van der Waals surface area contributed by atoms with Crippen LogP contribution < -0.4 is 9.64 Å². The van der Waals surface area contributed by atoms with Gasteiger partial charge >= 0.3 is 5.97 Å². The molecular formula is C26H33NO4. The first kappa shape index (κ1) is 22.9. The summed E-state index contributed by atoms with van der Waals surface area (Å²) in [6.07, 6.45) is 4.93. The second-order valence-corrected chi connectivity index (χ2v) is 8.58. The normalized spacial score (nSPS) is 15.5. The molecule has 166 valence electrons. The number of hydrogen-bond acceptors (Lipinski definition) is 4. The molecule has 1 heterocycles. The van der Waals surface area contributed by atoms with Crippen molar-refractivity contribution in [1.29, 1.82) is 0 Å². The molecule has 5 heteroatoms. The molecule has 0 amide bonds. The van der Waals surface area contributed by atoms with Crippen LogP contribution in [0.25, 0.3) is 0 Å². The lowest BCUT2D eigenvalue weighted by Crippen LogP contribution is -2.36. The number of carbonyl (C=O) groups is 2. The molecule has 3 rings (SSSR count). The van der Waals surface area contributed by atoms with Crippen molar-refractivity contribution in [3.05, 3.63) is 59.2 Å². The highest BCUT2D eigenvalue weighted by Gasteiger charge is 2.22. The number of ether oxygens (including phenoxy) is 1. The summed E-state index contributed by atoms with van der Waals surface area (Å²) in [6.45, 7) is 6.61. The van der Waals surface area contributed by atoms with Crippen molar-refractivity contribution in [2.45, 2.75) is 51.9 Å². The largest absolute Gasteiger partial charge is 0.493 e. The second kappa shape index (κ2) is 11.0. The molecule has 1 aliphatic rings. The van der Waals surface area contributed by atoms with Crippen LogP contribution in [0.3, 0.4) is 0 Å². The van der Waals surface area contributed by atoms with Gasteiger partial charge in [0.1, 0.15) is 5.75 Å². The van der Waals surface area contributed by atoms with Gasteiger partial charge in [0.15, 0.2) is 6.29 Å². The van der Waals surface area contributed by atoms with E-state index in [1.165, 1.54) is 0 Å². The molecule has 0 aromatic heterocycles. The molecule has 0 aliphatic carbocycles. The maximum absolute atomic E-state index is 11.4. The number of nitrogens with zero attached hydrogens (tertiary/aromatic N) is 1.